The van der Waals surface area contributed by atoms with E-state index in [1.54, 1.807) is 26.8 Å². The van der Waals surface area contributed by atoms with Crippen LogP contribution in [0.15, 0.2) is 35.4 Å². The molecule has 36 heavy (non-hydrogen) atoms. The van der Waals surface area contributed by atoms with Crippen molar-refractivity contribution in [3.63, 3.8) is 0 Å². The van der Waals surface area contributed by atoms with E-state index in [-0.39, 0.29) is 29.1 Å². The summed E-state index contributed by atoms with van der Waals surface area (Å²) in [6.07, 6.45) is 0.890. The molecule has 1 unspecified atom stereocenters. The molecule has 0 heterocycles. The number of benzene rings is 1. The summed E-state index contributed by atoms with van der Waals surface area (Å²) in [4.78, 5) is 25.8. The number of halogens is 6. The first-order chi connectivity index (χ1) is 16.5. The third kappa shape index (κ3) is 6.62. The predicted octanol–water partition coefficient (Wildman–Crippen LogP) is 7.60. The molecule has 3 atom stereocenters. The van der Waals surface area contributed by atoms with Gasteiger partial charge in [0.05, 0.1) is 22.9 Å². The topological polar surface area (TPSA) is 55.4 Å². The number of rotatable bonds is 7. The largest absolute Gasteiger partial charge is 0.460 e. The fourth-order valence-corrected chi connectivity index (χ4v) is 4.65. The van der Waals surface area contributed by atoms with E-state index in [9.17, 15) is 22.8 Å². The van der Waals surface area contributed by atoms with Crippen LogP contribution in [0.25, 0.3) is 0 Å². The molecule has 1 aromatic rings. The van der Waals surface area contributed by atoms with Gasteiger partial charge in [-0.2, -0.15) is 13.2 Å². The second-order valence-electron chi connectivity index (χ2n) is 10.5. The van der Waals surface area contributed by atoms with Gasteiger partial charge in [0.25, 0.3) is 0 Å². The number of carbonyl (C=O) groups excluding carboxylic acids is 2. The summed E-state index contributed by atoms with van der Waals surface area (Å²) in [6.45, 7) is 6.12. The fraction of sp³-hybridized carbons (Fsp3) is 0.538. The average molecular weight is 550 g/mol. The van der Waals surface area contributed by atoms with Crippen molar-refractivity contribution in [3.05, 3.63) is 51.8 Å². The molecule has 2 aliphatic rings. The Morgan fingerprint density at radius 3 is 2.33 bits per heavy atom. The first kappa shape index (κ1) is 28.5. The second kappa shape index (κ2) is 10.4. The summed E-state index contributed by atoms with van der Waals surface area (Å²) >= 11 is 12.1. The number of alkyl halides is 3. The lowest BCUT2D eigenvalue weighted by Crippen LogP contribution is -2.40. The normalized spacial score (nSPS) is 20.8. The molecule has 0 aromatic heterocycles. The quantitative estimate of drug-likeness (QED) is 0.281. The minimum atomic E-state index is -4.64. The Morgan fingerprint density at radius 2 is 1.83 bits per heavy atom. The SMILES string of the molecule is C[C@H]([C@H](C(=O)Nc1ccc(Cl)c(CC2(C(=O)OC(C)(C)C)CC2)c1F)C1C=CC(Cl)=CC1)C(F)(F)F. The van der Waals surface area contributed by atoms with E-state index in [0.29, 0.717) is 17.9 Å². The Balaban J connectivity index is 1.86. The first-order valence-corrected chi connectivity index (χ1v) is 12.4. The molecule has 2 aliphatic carbocycles. The summed E-state index contributed by atoms with van der Waals surface area (Å²) in [5.74, 6) is -6.60. The first-order valence-electron chi connectivity index (χ1n) is 11.7. The number of hydrogen-bond donors (Lipinski definition) is 1. The van der Waals surface area contributed by atoms with Gasteiger partial charge in [0.2, 0.25) is 5.91 Å². The Bertz CT molecular complexity index is 1090. The third-order valence-corrected chi connectivity index (χ3v) is 7.19. The molecule has 1 amide bonds. The highest BCUT2D eigenvalue weighted by atomic mass is 35.5. The van der Waals surface area contributed by atoms with Crippen LogP contribution in [-0.4, -0.2) is 23.7 Å². The fourth-order valence-electron chi connectivity index (χ4n) is 4.27. The van der Waals surface area contributed by atoms with Crippen LogP contribution in [0.2, 0.25) is 5.02 Å². The van der Waals surface area contributed by atoms with E-state index >= 15 is 4.39 Å². The highest BCUT2D eigenvalue weighted by Gasteiger charge is 2.53. The van der Waals surface area contributed by atoms with Gasteiger partial charge in [-0.1, -0.05) is 42.3 Å². The summed E-state index contributed by atoms with van der Waals surface area (Å²) in [5.41, 5.74) is -1.94. The van der Waals surface area contributed by atoms with E-state index < -0.39 is 52.6 Å². The lowest BCUT2D eigenvalue weighted by Gasteiger charge is -2.31. The Morgan fingerprint density at radius 1 is 1.19 bits per heavy atom. The predicted molar refractivity (Wildman–Crippen MR) is 131 cm³/mol. The van der Waals surface area contributed by atoms with E-state index in [4.69, 9.17) is 27.9 Å². The molecule has 1 N–H and O–H groups in total. The molecule has 3 rings (SSSR count). The molecule has 198 valence electrons. The molecule has 0 bridgehead atoms. The van der Waals surface area contributed by atoms with Crippen LogP contribution in [-0.2, 0) is 20.7 Å². The van der Waals surface area contributed by atoms with Gasteiger partial charge in [-0.15, -0.1) is 0 Å². The maximum absolute atomic E-state index is 15.5. The maximum atomic E-state index is 15.5. The van der Waals surface area contributed by atoms with Crippen molar-refractivity contribution in [1.82, 2.24) is 0 Å². The van der Waals surface area contributed by atoms with Crippen molar-refractivity contribution in [2.24, 2.45) is 23.2 Å². The zero-order valence-electron chi connectivity index (χ0n) is 20.4. The van der Waals surface area contributed by atoms with Crippen LogP contribution < -0.4 is 5.32 Å². The van der Waals surface area contributed by atoms with Crippen LogP contribution in [0.1, 0.15) is 52.5 Å². The van der Waals surface area contributed by atoms with Crippen LogP contribution >= 0.6 is 23.2 Å². The zero-order chi connectivity index (χ0) is 27.1. The Hall–Kier alpha value is -2.06. The highest BCUT2D eigenvalue weighted by Crippen LogP contribution is 2.51. The number of amides is 1. The number of nitrogens with one attached hydrogen (secondary N) is 1. The molecule has 0 spiro atoms. The molecular formula is C26H29Cl2F4NO3. The van der Waals surface area contributed by atoms with Crippen molar-refractivity contribution in [2.75, 3.05) is 5.32 Å². The molecule has 1 aromatic carbocycles. The van der Waals surface area contributed by atoms with Gasteiger partial charge in [0, 0.05) is 15.6 Å². The number of carbonyl (C=O) groups is 2. The number of anilines is 1. The highest BCUT2D eigenvalue weighted by molar-refractivity contribution is 6.31. The summed E-state index contributed by atoms with van der Waals surface area (Å²) in [5, 5.41) is 2.76. The van der Waals surface area contributed by atoms with E-state index in [1.165, 1.54) is 24.3 Å². The molecule has 1 fully saturated rings. The van der Waals surface area contributed by atoms with Crippen LogP contribution in [0.3, 0.4) is 0 Å². The second-order valence-corrected chi connectivity index (χ2v) is 11.4. The summed E-state index contributed by atoms with van der Waals surface area (Å²) < 4.78 is 61.9. The third-order valence-electron chi connectivity index (χ3n) is 6.55. The van der Waals surface area contributed by atoms with Crippen molar-refractivity contribution >= 4 is 40.8 Å². The van der Waals surface area contributed by atoms with Crippen molar-refractivity contribution in [1.29, 1.82) is 0 Å². The molecular weight excluding hydrogens is 521 g/mol. The van der Waals surface area contributed by atoms with Gasteiger partial charge in [-0.05, 0) is 70.6 Å². The van der Waals surface area contributed by atoms with Crippen molar-refractivity contribution in [3.8, 4) is 0 Å². The molecule has 10 heteroatoms. The summed E-state index contributed by atoms with van der Waals surface area (Å²) in [6, 6.07) is 2.56. The lowest BCUT2D eigenvalue weighted by molar-refractivity contribution is -0.188. The maximum Gasteiger partial charge on any atom is 0.392 e. The minimum Gasteiger partial charge on any atom is -0.460 e. The van der Waals surface area contributed by atoms with Gasteiger partial charge >= 0.3 is 12.1 Å². The number of hydrogen-bond acceptors (Lipinski definition) is 3. The number of allylic oxidation sites excluding steroid dienone is 4. The standard InChI is InChI=1S/C26H29Cl2F4NO3/c1-14(26(30,31)32)20(15-5-7-16(27)8-6-15)22(34)33-19-10-9-18(28)17(21(19)29)13-25(11-12-25)23(35)36-24(2,3)4/h5,7-10,14-15,20H,6,11-13H2,1-4H3,(H,33,34)/t14-,15?,20+/m1/s1. The molecule has 0 saturated heterocycles. The molecule has 0 aliphatic heterocycles. The van der Waals surface area contributed by atoms with E-state index in [1.807, 2.05) is 0 Å². The van der Waals surface area contributed by atoms with Crippen LogP contribution in [0.5, 0.6) is 0 Å². The Labute approximate surface area is 218 Å². The lowest BCUT2D eigenvalue weighted by atomic mass is 9.78. The molecule has 4 nitrogen and oxygen atoms in total. The average Bonchev–Trinajstić information content (AvgIpc) is 3.54. The monoisotopic (exact) mass is 549 g/mol. The van der Waals surface area contributed by atoms with Crippen molar-refractivity contribution < 1.29 is 31.9 Å². The zero-order valence-corrected chi connectivity index (χ0v) is 22.0. The van der Waals surface area contributed by atoms with Gasteiger partial charge in [0.1, 0.15) is 5.60 Å². The van der Waals surface area contributed by atoms with Crippen LogP contribution in [0.4, 0.5) is 23.2 Å². The van der Waals surface area contributed by atoms with E-state index in [2.05, 4.69) is 5.32 Å². The Kier molecular flexibility index (Phi) is 8.21. The van der Waals surface area contributed by atoms with Gasteiger partial charge in [-0.25, -0.2) is 4.39 Å². The van der Waals surface area contributed by atoms with Crippen LogP contribution in [0, 0.1) is 29.0 Å². The minimum absolute atomic E-state index is 0.00511. The van der Waals surface area contributed by atoms with Crippen molar-refractivity contribution in [2.45, 2.75) is 65.2 Å². The van der Waals surface area contributed by atoms with E-state index in [0.717, 1.165) is 6.92 Å². The summed E-state index contributed by atoms with van der Waals surface area (Å²) in [7, 11) is 0. The smallest absolute Gasteiger partial charge is 0.392 e. The number of esters is 1. The molecule has 0 radical (unpaired) electrons. The molecule has 1 saturated carbocycles. The number of ether oxygens (including phenoxy) is 1. The van der Waals surface area contributed by atoms with Gasteiger partial charge in [-0.3, -0.25) is 9.59 Å². The van der Waals surface area contributed by atoms with Gasteiger partial charge in [0.15, 0.2) is 5.82 Å². The van der Waals surface area contributed by atoms with Gasteiger partial charge < -0.3 is 10.1 Å².